The Morgan fingerprint density at radius 2 is 1.68 bits per heavy atom. The molecular formula is C18H25NO3. The minimum Gasteiger partial charge on any atom is -0.489 e. The molecule has 4 heteroatoms. The van der Waals surface area contributed by atoms with E-state index in [2.05, 4.69) is 4.90 Å². The Kier molecular flexibility index (Phi) is 4.98. The van der Waals surface area contributed by atoms with Crippen molar-refractivity contribution in [1.82, 2.24) is 4.90 Å². The molecule has 1 saturated carbocycles. The predicted octanol–water partition coefficient (Wildman–Crippen LogP) is 3.56. The third kappa shape index (κ3) is 3.61. The van der Waals surface area contributed by atoms with Crippen LogP contribution in [0.2, 0.25) is 0 Å². The van der Waals surface area contributed by atoms with Crippen molar-refractivity contribution >= 4 is 5.97 Å². The van der Waals surface area contributed by atoms with E-state index >= 15 is 0 Å². The highest BCUT2D eigenvalue weighted by Crippen LogP contribution is 2.29. The van der Waals surface area contributed by atoms with Crippen LogP contribution in [0.4, 0.5) is 0 Å². The third-order valence-electron chi connectivity index (χ3n) is 4.92. The van der Waals surface area contributed by atoms with Crippen LogP contribution in [0.5, 0.6) is 5.75 Å². The number of hydrogen-bond donors (Lipinski definition) is 1. The number of likely N-dealkylation sites (tertiary alicyclic amines) is 1. The molecule has 2 fully saturated rings. The van der Waals surface area contributed by atoms with Crippen LogP contribution in [0.15, 0.2) is 24.3 Å². The van der Waals surface area contributed by atoms with Crippen LogP contribution < -0.4 is 4.74 Å². The average molecular weight is 303 g/mol. The highest BCUT2D eigenvalue weighted by atomic mass is 16.5. The van der Waals surface area contributed by atoms with E-state index in [0.717, 1.165) is 12.2 Å². The van der Waals surface area contributed by atoms with Crippen molar-refractivity contribution in [2.75, 3.05) is 13.1 Å². The third-order valence-corrected chi connectivity index (χ3v) is 4.92. The molecule has 0 amide bonds. The zero-order valence-electron chi connectivity index (χ0n) is 13.0. The molecule has 1 N–H and O–H groups in total. The van der Waals surface area contributed by atoms with Crippen LogP contribution in [0.1, 0.15) is 55.3 Å². The molecule has 1 aliphatic carbocycles. The van der Waals surface area contributed by atoms with Gasteiger partial charge >= 0.3 is 5.97 Å². The van der Waals surface area contributed by atoms with E-state index in [1.54, 1.807) is 24.3 Å². The Balaban J connectivity index is 1.66. The maximum atomic E-state index is 10.9. The normalized spacial score (nSPS) is 26.5. The Hall–Kier alpha value is -1.55. The van der Waals surface area contributed by atoms with Gasteiger partial charge in [0, 0.05) is 6.04 Å². The number of rotatable bonds is 4. The predicted molar refractivity (Wildman–Crippen MR) is 85.5 cm³/mol. The summed E-state index contributed by atoms with van der Waals surface area (Å²) in [6.07, 6.45) is 9.03. The molecule has 1 aromatic carbocycles. The number of nitrogens with zero attached hydrogens (tertiary/aromatic N) is 1. The first kappa shape index (κ1) is 15.3. The standard InChI is InChI=1S/C18H25NO3/c20-18(21)14-8-10-15(11-9-14)22-17-7-3-2-6-16(17)19-12-4-1-5-13-19/h8-11,16-17H,1-7,12-13H2,(H,20,21)/t16-,17-/m1/s1. The van der Waals surface area contributed by atoms with Crippen molar-refractivity contribution in [3.05, 3.63) is 29.8 Å². The molecular weight excluding hydrogens is 278 g/mol. The molecule has 0 aromatic heterocycles. The van der Waals surface area contributed by atoms with Gasteiger partial charge in [-0.05, 0) is 69.5 Å². The minimum atomic E-state index is -0.893. The van der Waals surface area contributed by atoms with Crippen molar-refractivity contribution in [3.8, 4) is 5.75 Å². The summed E-state index contributed by atoms with van der Waals surface area (Å²) in [5.74, 6) is -0.102. The highest BCUT2D eigenvalue weighted by Gasteiger charge is 2.32. The summed E-state index contributed by atoms with van der Waals surface area (Å²) in [4.78, 5) is 13.5. The van der Waals surface area contributed by atoms with Gasteiger partial charge in [-0.3, -0.25) is 4.90 Å². The van der Waals surface area contributed by atoms with Crippen LogP contribution in [-0.4, -0.2) is 41.2 Å². The molecule has 3 rings (SSSR count). The van der Waals surface area contributed by atoms with Crippen LogP contribution in [-0.2, 0) is 0 Å². The molecule has 1 aliphatic heterocycles. The van der Waals surface area contributed by atoms with E-state index < -0.39 is 5.97 Å². The zero-order valence-corrected chi connectivity index (χ0v) is 13.0. The summed E-state index contributed by atoms with van der Waals surface area (Å²) in [5, 5.41) is 8.96. The number of piperidine rings is 1. The summed E-state index contributed by atoms with van der Waals surface area (Å²) in [5.41, 5.74) is 0.309. The lowest BCUT2D eigenvalue weighted by molar-refractivity contribution is 0.0261. The quantitative estimate of drug-likeness (QED) is 0.924. The van der Waals surface area contributed by atoms with Crippen molar-refractivity contribution in [2.45, 2.75) is 57.1 Å². The van der Waals surface area contributed by atoms with Crippen molar-refractivity contribution in [1.29, 1.82) is 0 Å². The fourth-order valence-corrected chi connectivity index (χ4v) is 3.73. The van der Waals surface area contributed by atoms with E-state index in [-0.39, 0.29) is 6.10 Å². The van der Waals surface area contributed by atoms with Gasteiger partial charge in [0.1, 0.15) is 11.9 Å². The first-order chi connectivity index (χ1) is 10.7. The Bertz CT molecular complexity index is 494. The van der Waals surface area contributed by atoms with Gasteiger partial charge in [-0.2, -0.15) is 0 Å². The molecule has 120 valence electrons. The average Bonchev–Trinajstić information content (AvgIpc) is 2.57. The molecule has 0 spiro atoms. The number of carbonyl (C=O) groups is 1. The maximum absolute atomic E-state index is 10.9. The lowest BCUT2D eigenvalue weighted by Crippen LogP contribution is -2.49. The molecule has 0 radical (unpaired) electrons. The Morgan fingerprint density at radius 3 is 2.36 bits per heavy atom. The van der Waals surface area contributed by atoms with Crippen molar-refractivity contribution < 1.29 is 14.6 Å². The second-order valence-corrected chi connectivity index (χ2v) is 6.43. The molecule has 4 nitrogen and oxygen atoms in total. The molecule has 1 heterocycles. The van der Waals surface area contributed by atoms with Gasteiger partial charge in [-0.25, -0.2) is 4.79 Å². The first-order valence-electron chi connectivity index (χ1n) is 8.48. The van der Waals surface area contributed by atoms with E-state index in [1.807, 2.05) is 0 Å². The van der Waals surface area contributed by atoms with Gasteiger partial charge < -0.3 is 9.84 Å². The molecule has 0 bridgehead atoms. The Morgan fingerprint density at radius 1 is 1.00 bits per heavy atom. The lowest BCUT2D eigenvalue weighted by atomic mass is 9.90. The number of carboxylic acid groups (broad SMARTS) is 1. The van der Waals surface area contributed by atoms with E-state index in [1.165, 1.54) is 51.6 Å². The molecule has 2 aliphatic rings. The number of aromatic carboxylic acids is 1. The lowest BCUT2D eigenvalue weighted by Gasteiger charge is -2.41. The second-order valence-electron chi connectivity index (χ2n) is 6.43. The minimum absolute atomic E-state index is 0.238. The fourth-order valence-electron chi connectivity index (χ4n) is 3.73. The number of benzene rings is 1. The molecule has 1 saturated heterocycles. The monoisotopic (exact) mass is 303 g/mol. The maximum Gasteiger partial charge on any atom is 0.335 e. The summed E-state index contributed by atoms with van der Waals surface area (Å²) in [7, 11) is 0. The summed E-state index contributed by atoms with van der Waals surface area (Å²) in [6, 6.07) is 7.33. The van der Waals surface area contributed by atoms with Crippen LogP contribution >= 0.6 is 0 Å². The van der Waals surface area contributed by atoms with E-state index in [0.29, 0.717) is 11.6 Å². The Labute approximate surface area is 132 Å². The van der Waals surface area contributed by atoms with E-state index in [4.69, 9.17) is 9.84 Å². The highest BCUT2D eigenvalue weighted by molar-refractivity contribution is 5.87. The van der Waals surface area contributed by atoms with Crippen LogP contribution in [0.3, 0.4) is 0 Å². The largest absolute Gasteiger partial charge is 0.489 e. The fraction of sp³-hybridized carbons (Fsp3) is 0.611. The molecule has 2 atom stereocenters. The molecule has 0 unspecified atom stereocenters. The number of carboxylic acids is 1. The number of ether oxygens (including phenoxy) is 1. The van der Waals surface area contributed by atoms with Crippen molar-refractivity contribution in [3.63, 3.8) is 0 Å². The second kappa shape index (κ2) is 7.14. The van der Waals surface area contributed by atoms with Crippen LogP contribution in [0.25, 0.3) is 0 Å². The van der Waals surface area contributed by atoms with Gasteiger partial charge in [-0.1, -0.05) is 12.8 Å². The summed E-state index contributed by atoms with van der Waals surface area (Å²) < 4.78 is 6.22. The molecule has 1 aromatic rings. The van der Waals surface area contributed by atoms with Crippen molar-refractivity contribution in [2.24, 2.45) is 0 Å². The number of hydrogen-bond acceptors (Lipinski definition) is 3. The van der Waals surface area contributed by atoms with E-state index in [9.17, 15) is 4.79 Å². The van der Waals surface area contributed by atoms with Gasteiger partial charge in [0.15, 0.2) is 0 Å². The topological polar surface area (TPSA) is 49.8 Å². The zero-order chi connectivity index (χ0) is 15.4. The van der Waals surface area contributed by atoms with Gasteiger partial charge in [0.25, 0.3) is 0 Å². The van der Waals surface area contributed by atoms with Crippen LogP contribution in [0, 0.1) is 0 Å². The summed E-state index contributed by atoms with van der Waals surface area (Å²) >= 11 is 0. The molecule has 22 heavy (non-hydrogen) atoms. The first-order valence-corrected chi connectivity index (χ1v) is 8.48. The smallest absolute Gasteiger partial charge is 0.335 e. The van der Waals surface area contributed by atoms with Gasteiger partial charge in [-0.15, -0.1) is 0 Å². The van der Waals surface area contributed by atoms with Gasteiger partial charge in [0.05, 0.1) is 5.56 Å². The SMILES string of the molecule is O=C(O)c1ccc(O[C@@H]2CCCC[C@H]2N2CCCCC2)cc1. The van der Waals surface area contributed by atoms with Gasteiger partial charge in [0.2, 0.25) is 0 Å². The summed E-state index contributed by atoms with van der Waals surface area (Å²) in [6.45, 7) is 2.39.